The van der Waals surface area contributed by atoms with Crippen molar-refractivity contribution in [3.05, 3.63) is 62.1 Å². The predicted octanol–water partition coefficient (Wildman–Crippen LogP) is 6.01. The summed E-state index contributed by atoms with van der Waals surface area (Å²) < 4.78 is 5.61. The maximum atomic E-state index is 13.1. The number of rotatable bonds is 10. The minimum atomic E-state index is -0.685. The molecule has 1 atom stereocenters. The zero-order chi connectivity index (χ0) is 23.0. The third-order valence-corrected chi connectivity index (χ3v) is 5.65. The number of ether oxygens (including phenoxy) is 1. The SMILES string of the molecule is CCCNC(=O)[C@@H](CC)N(Cc1ccc(Cl)cc1Cl)C(=O)COc1ccc(Cl)cc1Cl. The largest absolute Gasteiger partial charge is 0.482 e. The maximum Gasteiger partial charge on any atom is 0.261 e. The van der Waals surface area contributed by atoms with E-state index >= 15 is 0 Å². The van der Waals surface area contributed by atoms with Crippen molar-refractivity contribution < 1.29 is 14.3 Å². The molecule has 2 aromatic carbocycles. The Labute approximate surface area is 202 Å². The maximum absolute atomic E-state index is 13.1. The summed E-state index contributed by atoms with van der Waals surface area (Å²) in [6, 6.07) is 9.07. The van der Waals surface area contributed by atoms with Crippen molar-refractivity contribution in [2.75, 3.05) is 13.2 Å². The highest BCUT2D eigenvalue weighted by Crippen LogP contribution is 2.28. The van der Waals surface area contributed by atoms with E-state index in [9.17, 15) is 9.59 Å². The molecule has 5 nitrogen and oxygen atoms in total. The highest BCUT2D eigenvalue weighted by Gasteiger charge is 2.29. The topological polar surface area (TPSA) is 58.6 Å². The van der Waals surface area contributed by atoms with Crippen molar-refractivity contribution in [2.24, 2.45) is 0 Å². The quantitative estimate of drug-likeness (QED) is 0.430. The molecule has 0 fully saturated rings. The summed E-state index contributed by atoms with van der Waals surface area (Å²) in [5.41, 5.74) is 0.672. The lowest BCUT2D eigenvalue weighted by Crippen LogP contribution is -2.50. The van der Waals surface area contributed by atoms with Crippen LogP contribution in [0.4, 0.5) is 0 Å². The first kappa shape index (κ1) is 25.6. The number of carbonyl (C=O) groups excluding carboxylic acids is 2. The first-order chi connectivity index (χ1) is 14.8. The minimum Gasteiger partial charge on any atom is -0.482 e. The van der Waals surface area contributed by atoms with Crippen LogP contribution in [-0.2, 0) is 16.1 Å². The molecule has 1 N–H and O–H groups in total. The molecule has 0 aromatic heterocycles. The predicted molar refractivity (Wildman–Crippen MR) is 126 cm³/mol. The summed E-state index contributed by atoms with van der Waals surface area (Å²) in [5.74, 6) is -0.282. The van der Waals surface area contributed by atoms with Crippen LogP contribution in [0.1, 0.15) is 32.3 Å². The second-order valence-electron chi connectivity index (χ2n) is 6.84. The molecular formula is C22H24Cl4N2O3. The van der Waals surface area contributed by atoms with Gasteiger partial charge in [-0.3, -0.25) is 9.59 Å². The lowest BCUT2D eigenvalue weighted by atomic mass is 10.1. The van der Waals surface area contributed by atoms with Crippen LogP contribution in [0, 0.1) is 0 Å². The Morgan fingerprint density at radius 1 is 1.00 bits per heavy atom. The normalized spacial score (nSPS) is 11.7. The zero-order valence-corrected chi connectivity index (χ0v) is 20.3. The standard InChI is InChI=1S/C22H24Cl4N2O3/c1-3-9-27-22(30)19(4-2)28(12-14-5-6-15(23)10-17(14)25)21(29)13-31-20-8-7-16(24)11-18(20)26/h5-8,10-11,19H,3-4,9,12-13H2,1-2H3,(H,27,30)/t19-/m1/s1. The molecule has 31 heavy (non-hydrogen) atoms. The summed E-state index contributed by atoms with van der Waals surface area (Å²) in [6.45, 7) is 4.16. The van der Waals surface area contributed by atoms with E-state index in [2.05, 4.69) is 5.32 Å². The van der Waals surface area contributed by atoms with Gasteiger partial charge in [-0.1, -0.05) is 66.3 Å². The van der Waals surface area contributed by atoms with Gasteiger partial charge < -0.3 is 15.0 Å². The van der Waals surface area contributed by atoms with E-state index in [1.54, 1.807) is 30.3 Å². The number of carbonyl (C=O) groups is 2. The van der Waals surface area contributed by atoms with Crippen molar-refractivity contribution in [3.63, 3.8) is 0 Å². The van der Waals surface area contributed by atoms with E-state index in [1.165, 1.54) is 11.0 Å². The summed E-state index contributed by atoms with van der Waals surface area (Å²) in [5, 5.41) is 4.50. The van der Waals surface area contributed by atoms with Crippen LogP contribution in [0.3, 0.4) is 0 Å². The Kier molecular flexibility index (Phi) is 10.2. The number of nitrogens with one attached hydrogen (secondary N) is 1. The molecule has 0 bridgehead atoms. The van der Waals surface area contributed by atoms with Crippen LogP contribution >= 0.6 is 46.4 Å². The third kappa shape index (κ3) is 7.46. The first-order valence-corrected chi connectivity index (χ1v) is 11.4. The van der Waals surface area contributed by atoms with Gasteiger partial charge in [-0.15, -0.1) is 0 Å². The third-order valence-electron chi connectivity index (χ3n) is 4.54. The molecule has 2 amide bonds. The van der Waals surface area contributed by atoms with Crippen molar-refractivity contribution in [1.29, 1.82) is 0 Å². The molecule has 2 rings (SSSR count). The average Bonchev–Trinajstić information content (AvgIpc) is 2.72. The Bertz CT molecular complexity index is 924. The average molecular weight is 506 g/mol. The van der Waals surface area contributed by atoms with Gasteiger partial charge in [0, 0.05) is 28.2 Å². The molecule has 0 aliphatic rings. The van der Waals surface area contributed by atoms with E-state index in [1.807, 2.05) is 13.8 Å². The van der Waals surface area contributed by atoms with Gasteiger partial charge in [-0.05, 0) is 48.7 Å². The second-order valence-corrected chi connectivity index (χ2v) is 8.52. The Balaban J connectivity index is 2.25. The van der Waals surface area contributed by atoms with E-state index in [-0.39, 0.29) is 25.0 Å². The molecule has 0 unspecified atom stereocenters. The molecule has 0 spiro atoms. The summed E-state index contributed by atoms with van der Waals surface area (Å²) >= 11 is 24.3. The van der Waals surface area contributed by atoms with Crippen LogP contribution in [0.2, 0.25) is 20.1 Å². The number of benzene rings is 2. The molecule has 0 aliphatic carbocycles. The van der Waals surface area contributed by atoms with Crippen molar-refractivity contribution in [3.8, 4) is 5.75 Å². The van der Waals surface area contributed by atoms with Crippen LogP contribution < -0.4 is 10.1 Å². The fraction of sp³-hybridized carbons (Fsp3) is 0.364. The van der Waals surface area contributed by atoms with E-state index < -0.39 is 6.04 Å². The van der Waals surface area contributed by atoms with Gasteiger partial charge in [0.1, 0.15) is 11.8 Å². The number of nitrogens with zero attached hydrogens (tertiary/aromatic N) is 1. The van der Waals surface area contributed by atoms with Crippen LogP contribution in [-0.4, -0.2) is 35.9 Å². The Morgan fingerprint density at radius 2 is 1.65 bits per heavy atom. The van der Waals surface area contributed by atoms with Gasteiger partial charge in [-0.2, -0.15) is 0 Å². The summed E-state index contributed by atoms with van der Waals surface area (Å²) in [6.07, 6.45) is 1.21. The van der Waals surface area contributed by atoms with Gasteiger partial charge in [0.2, 0.25) is 5.91 Å². The van der Waals surface area contributed by atoms with Crippen LogP contribution in [0.15, 0.2) is 36.4 Å². The van der Waals surface area contributed by atoms with Crippen LogP contribution in [0.25, 0.3) is 0 Å². The van der Waals surface area contributed by atoms with Gasteiger partial charge in [0.15, 0.2) is 6.61 Å². The molecule has 0 heterocycles. The Hall–Kier alpha value is -1.66. The highest BCUT2D eigenvalue weighted by molar-refractivity contribution is 6.35. The lowest BCUT2D eigenvalue weighted by Gasteiger charge is -2.31. The van der Waals surface area contributed by atoms with Gasteiger partial charge >= 0.3 is 0 Å². The minimum absolute atomic E-state index is 0.130. The molecule has 0 aliphatic heterocycles. The smallest absolute Gasteiger partial charge is 0.261 e. The molecule has 168 valence electrons. The highest BCUT2D eigenvalue weighted by atomic mass is 35.5. The van der Waals surface area contributed by atoms with Gasteiger partial charge in [0.25, 0.3) is 5.91 Å². The molecule has 2 aromatic rings. The second kappa shape index (κ2) is 12.4. The monoisotopic (exact) mass is 504 g/mol. The number of hydrogen-bond acceptors (Lipinski definition) is 3. The molecular weight excluding hydrogens is 482 g/mol. The fourth-order valence-corrected chi connectivity index (χ4v) is 3.86. The van der Waals surface area contributed by atoms with Gasteiger partial charge in [-0.25, -0.2) is 0 Å². The van der Waals surface area contributed by atoms with Crippen molar-refractivity contribution in [2.45, 2.75) is 39.3 Å². The van der Waals surface area contributed by atoms with Gasteiger partial charge in [0.05, 0.1) is 5.02 Å². The van der Waals surface area contributed by atoms with Crippen LogP contribution in [0.5, 0.6) is 5.75 Å². The number of amides is 2. The molecule has 0 saturated heterocycles. The molecule has 0 radical (unpaired) electrons. The molecule has 9 heteroatoms. The first-order valence-electron chi connectivity index (χ1n) is 9.85. The zero-order valence-electron chi connectivity index (χ0n) is 17.3. The van der Waals surface area contributed by atoms with Crippen molar-refractivity contribution >= 4 is 58.2 Å². The van der Waals surface area contributed by atoms with E-state index in [0.717, 1.165) is 6.42 Å². The number of hydrogen-bond donors (Lipinski definition) is 1. The fourth-order valence-electron chi connectivity index (χ4n) is 2.93. The molecule has 0 saturated carbocycles. The number of halogens is 4. The van der Waals surface area contributed by atoms with Crippen molar-refractivity contribution in [1.82, 2.24) is 10.2 Å². The summed E-state index contributed by atoms with van der Waals surface area (Å²) in [4.78, 5) is 27.3. The summed E-state index contributed by atoms with van der Waals surface area (Å²) in [7, 11) is 0. The van der Waals surface area contributed by atoms with E-state index in [0.29, 0.717) is 44.4 Å². The Morgan fingerprint density at radius 3 is 2.23 bits per heavy atom. The lowest BCUT2D eigenvalue weighted by molar-refractivity contribution is -0.143. The van der Waals surface area contributed by atoms with E-state index in [4.69, 9.17) is 51.1 Å².